The molecule has 0 radical (unpaired) electrons. The summed E-state index contributed by atoms with van der Waals surface area (Å²) in [6.07, 6.45) is 1.09. The van der Waals surface area contributed by atoms with Crippen LogP contribution in [0, 0.1) is 12.3 Å². The van der Waals surface area contributed by atoms with Crippen molar-refractivity contribution in [3.8, 4) is 12.3 Å². The number of aliphatic hydroxyl groups is 2. The molecule has 0 spiro atoms. The maximum absolute atomic E-state index is 9.79. The molecule has 4 nitrogen and oxygen atoms in total. The molecule has 4 heteroatoms. The molecule has 0 saturated carbocycles. The molecule has 0 amide bonds. The second-order valence-corrected chi connectivity index (χ2v) is 1.39. The first kappa shape index (κ1) is 7.95. The molecule has 0 aliphatic heterocycles. The standard InChI is InChI=1S/C5H6O4/c1-2-3(6)4(7)5(8)9/h1,3-4,6-7H,(H,8,9). The molecule has 50 valence electrons. The van der Waals surface area contributed by atoms with Gasteiger partial charge in [0.15, 0.2) is 12.2 Å². The Balaban J connectivity index is 3.91. The lowest BCUT2D eigenvalue weighted by molar-refractivity contribution is -0.150. The van der Waals surface area contributed by atoms with Crippen LogP contribution in [-0.4, -0.2) is 33.5 Å². The Bertz CT molecular complexity index is 146. The zero-order valence-electron chi connectivity index (χ0n) is 4.48. The topological polar surface area (TPSA) is 77.8 Å². The normalized spacial score (nSPS) is 15.7. The van der Waals surface area contributed by atoms with Crippen LogP contribution < -0.4 is 0 Å². The van der Waals surface area contributed by atoms with Crippen LogP contribution in [-0.2, 0) is 4.79 Å². The first-order chi connectivity index (χ1) is 4.09. The first-order valence-corrected chi connectivity index (χ1v) is 2.14. The van der Waals surface area contributed by atoms with Crippen LogP contribution in [0.2, 0.25) is 0 Å². The number of carboxylic acids is 1. The van der Waals surface area contributed by atoms with E-state index >= 15 is 0 Å². The first-order valence-electron chi connectivity index (χ1n) is 2.14. The van der Waals surface area contributed by atoms with Gasteiger partial charge in [0, 0.05) is 0 Å². The Morgan fingerprint density at radius 3 is 2.11 bits per heavy atom. The monoisotopic (exact) mass is 130 g/mol. The molecule has 0 heterocycles. The van der Waals surface area contributed by atoms with E-state index in [9.17, 15) is 4.79 Å². The van der Waals surface area contributed by atoms with Gasteiger partial charge < -0.3 is 15.3 Å². The summed E-state index contributed by atoms with van der Waals surface area (Å²) in [5.74, 6) is 0.143. The largest absolute Gasteiger partial charge is 0.479 e. The van der Waals surface area contributed by atoms with E-state index in [1.54, 1.807) is 5.92 Å². The van der Waals surface area contributed by atoms with Crippen LogP contribution in [0.15, 0.2) is 0 Å². The van der Waals surface area contributed by atoms with Crippen molar-refractivity contribution in [2.24, 2.45) is 0 Å². The van der Waals surface area contributed by atoms with Gasteiger partial charge in [-0.25, -0.2) is 4.79 Å². The van der Waals surface area contributed by atoms with Crippen LogP contribution in [0.25, 0.3) is 0 Å². The minimum absolute atomic E-state index is 1.53. The fourth-order valence-corrected chi connectivity index (χ4v) is 0.226. The summed E-state index contributed by atoms with van der Waals surface area (Å²) in [5.41, 5.74) is 0. The van der Waals surface area contributed by atoms with Gasteiger partial charge in [0.2, 0.25) is 0 Å². The Kier molecular flexibility index (Phi) is 2.71. The average Bonchev–Trinajstić information content (AvgIpc) is 1.84. The third-order valence-corrected chi connectivity index (χ3v) is 0.723. The number of carbonyl (C=O) groups is 1. The van der Waals surface area contributed by atoms with Gasteiger partial charge in [0.1, 0.15) is 0 Å². The maximum Gasteiger partial charge on any atom is 0.336 e. The van der Waals surface area contributed by atoms with E-state index in [0.717, 1.165) is 0 Å². The predicted octanol–water partition coefficient (Wildman–Crippen LogP) is -1.57. The molecule has 9 heavy (non-hydrogen) atoms. The molecule has 0 bridgehead atoms. The summed E-state index contributed by atoms with van der Waals surface area (Å²) in [4.78, 5) is 9.79. The van der Waals surface area contributed by atoms with Gasteiger partial charge in [-0.1, -0.05) is 5.92 Å². The second-order valence-electron chi connectivity index (χ2n) is 1.39. The van der Waals surface area contributed by atoms with Crippen molar-refractivity contribution in [3.05, 3.63) is 0 Å². The third-order valence-electron chi connectivity index (χ3n) is 0.723. The van der Waals surface area contributed by atoms with Crippen molar-refractivity contribution >= 4 is 5.97 Å². The van der Waals surface area contributed by atoms with E-state index in [1.807, 2.05) is 0 Å². The fraction of sp³-hybridized carbons (Fsp3) is 0.400. The molecule has 2 atom stereocenters. The Morgan fingerprint density at radius 2 is 2.00 bits per heavy atom. The van der Waals surface area contributed by atoms with Crippen LogP contribution >= 0.6 is 0 Å². The zero-order valence-corrected chi connectivity index (χ0v) is 4.48. The molecule has 0 aliphatic carbocycles. The molecule has 0 aromatic carbocycles. The Labute approximate surface area is 51.7 Å². The van der Waals surface area contributed by atoms with E-state index in [2.05, 4.69) is 6.42 Å². The number of rotatable bonds is 2. The van der Waals surface area contributed by atoms with Crippen molar-refractivity contribution in [1.82, 2.24) is 0 Å². The van der Waals surface area contributed by atoms with E-state index in [1.165, 1.54) is 0 Å². The molecule has 0 fully saturated rings. The van der Waals surface area contributed by atoms with E-state index in [0.29, 0.717) is 0 Å². The van der Waals surface area contributed by atoms with Gasteiger partial charge in [-0.15, -0.1) is 6.42 Å². The van der Waals surface area contributed by atoms with Crippen LogP contribution in [0.3, 0.4) is 0 Å². The summed E-state index contributed by atoms with van der Waals surface area (Å²) in [5, 5.41) is 24.8. The van der Waals surface area contributed by atoms with Gasteiger partial charge in [0.05, 0.1) is 0 Å². The summed E-state index contributed by atoms with van der Waals surface area (Å²) in [6.45, 7) is 0. The lowest BCUT2D eigenvalue weighted by atomic mass is 10.2. The Hall–Kier alpha value is -1.05. The van der Waals surface area contributed by atoms with Crippen molar-refractivity contribution < 1.29 is 20.1 Å². The number of carboxylic acid groups (broad SMARTS) is 1. The van der Waals surface area contributed by atoms with Crippen LogP contribution in [0.5, 0.6) is 0 Å². The van der Waals surface area contributed by atoms with Crippen molar-refractivity contribution in [1.29, 1.82) is 0 Å². The highest BCUT2D eigenvalue weighted by Gasteiger charge is 2.20. The average molecular weight is 130 g/mol. The summed E-state index contributed by atoms with van der Waals surface area (Å²) in [6, 6.07) is 0. The minimum atomic E-state index is -1.88. The summed E-state index contributed by atoms with van der Waals surface area (Å²) in [7, 11) is 0. The highest BCUT2D eigenvalue weighted by molar-refractivity contribution is 5.73. The highest BCUT2D eigenvalue weighted by Crippen LogP contribution is 1.89. The molecule has 0 saturated heterocycles. The number of terminal acetylenes is 1. The minimum Gasteiger partial charge on any atom is -0.479 e. The van der Waals surface area contributed by atoms with Gasteiger partial charge in [-0.2, -0.15) is 0 Å². The van der Waals surface area contributed by atoms with Crippen LogP contribution in [0.1, 0.15) is 0 Å². The fourth-order valence-electron chi connectivity index (χ4n) is 0.226. The lowest BCUT2D eigenvalue weighted by Crippen LogP contribution is -2.32. The van der Waals surface area contributed by atoms with Gasteiger partial charge in [-0.05, 0) is 0 Å². The molecule has 0 aromatic rings. The van der Waals surface area contributed by atoms with E-state index < -0.39 is 18.2 Å². The third kappa shape index (κ3) is 2.13. The molecule has 0 aromatic heterocycles. The number of hydrogen-bond donors (Lipinski definition) is 3. The molecule has 0 rings (SSSR count). The molecular weight excluding hydrogens is 124 g/mol. The highest BCUT2D eigenvalue weighted by atomic mass is 16.4. The maximum atomic E-state index is 9.79. The molecule has 3 N–H and O–H groups in total. The van der Waals surface area contributed by atoms with Crippen LogP contribution in [0.4, 0.5) is 0 Å². The predicted molar refractivity (Wildman–Crippen MR) is 28.5 cm³/mol. The van der Waals surface area contributed by atoms with E-state index in [4.69, 9.17) is 15.3 Å². The van der Waals surface area contributed by atoms with Gasteiger partial charge >= 0.3 is 5.97 Å². The van der Waals surface area contributed by atoms with E-state index in [-0.39, 0.29) is 0 Å². The van der Waals surface area contributed by atoms with Gasteiger partial charge in [-0.3, -0.25) is 0 Å². The smallest absolute Gasteiger partial charge is 0.336 e. The number of hydrogen-bond acceptors (Lipinski definition) is 3. The summed E-state index contributed by atoms with van der Waals surface area (Å²) < 4.78 is 0. The summed E-state index contributed by atoms with van der Waals surface area (Å²) >= 11 is 0. The molecular formula is C5H6O4. The number of aliphatic carboxylic acids is 1. The second kappa shape index (κ2) is 3.07. The number of aliphatic hydroxyl groups excluding tert-OH is 2. The van der Waals surface area contributed by atoms with Crippen molar-refractivity contribution in [3.63, 3.8) is 0 Å². The molecule has 0 aliphatic rings. The van der Waals surface area contributed by atoms with Gasteiger partial charge in [0.25, 0.3) is 0 Å². The van der Waals surface area contributed by atoms with Crippen molar-refractivity contribution in [2.45, 2.75) is 12.2 Å². The molecule has 2 unspecified atom stereocenters. The SMILES string of the molecule is C#CC(O)C(O)C(=O)O. The lowest BCUT2D eigenvalue weighted by Gasteiger charge is -2.05. The van der Waals surface area contributed by atoms with Crippen molar-refractivity contribution in [2.75, 3.05) is 0 Å². The quantitative estimate of drug-likeness (QED) is 0.394. The Morgan fingerprint density at radius 1 is 1.56 bits per heavy atom. The zero-order chi connectivity index (χ0) is 7.44.